The summed E-state index contributed by atoms with van der Waals surface area (Å²) in [6.45, 7) is 0.798. The molecular weight excluding hydrogens is 190 g/mol. The SMILES string of the molecule is NCCCCCCc1nc(C2CC2)no1. The van der Waals surface area contributed by atoms with Crippen LogP contribution in [0, 0.1) is 0 Å². The van der Waals surface area contributed by atoms with Crippen molar-refractivity contribution in [2.75, 3.05) is 6.54 Å². The van der Waals surface area contributed by atoms with Crippen molar-refractivity contribution in [2.45, 2.75) is 50.9 Å². The summed E-state index contributed by atoms with van der Waals surface area (Å²) in [7, 11) is 0. The van der Waals surface area contributed by atoms with Gasteiger partial charge in [-0.15, -0.1) is 0 Å². The molecule has 0 aliphatic heterocycles. The Morgan fingerprint density at radius 2 is 2.00 bits per heavy atom. The molecule has 1 aromatic rings. The first-order chi connectivity index (χ1) is 7.40. The van der Waals surface area contributed by atoms with E-state index in [4.69, 9.17) is 10.3 Å². The summed E-state index contributed by atoms with van der Waals surface area (Å²) in [6, 6.07) is 0. The lowest BCUT2D eigenvalue weighted by molar-refractivity contribution is 0.368. The summed E-state index contributed by atoms with van der Waals surface area (Å²) < 4.78 is 5.19. The highest BCUT2D eigenvalue weighted by atomic mass is 16.5. The van der Waals surface area contributed by atoms with Crippen molar-refractivity contribution in [1.82, 2.24) is 10.1 Å². The van der Waals surface area contributed by atoms with Crippen LogP contribution in [0.25, 0.3) is 0 Å². The van der Waals surface area contributed by atoms with E-state index in [9.17, 15) is 0 Å². The molecule has 1 aromatic heterocycles. The Bertz CT molecular complexity index is 294. The van der Waals surface area contributed by atoms with Gasteiger partial charge in [0.05, 0.1) is 0 Å². The molecular formula is C11H19N3O. The van der Waals surface area contributed by atoms with Crippen LogP contribution >= 0.6 is 0 Å². The normalized spacial score (nSPS) is 15.8. The number of hydrogen-bond donors (Lipinski definition) is 1. The number of unbranched alkanes of at least 4 members (excludes halogenated alkanes) is 3. The monoisotopic (exact) mass is 209 g/mol. The number of aryl methyl sites for hydroxylation is 1. The first kappa shape index (κ1) is 10.6. The predicted octanol–water partition coefficient (Wildman–Crippen LogP) is 2.01. The maximum Gasteiger partial charge on any atom is 0.226 e. The molecule has 4 heteroatoms. The molecule has 0 spiro atoms. The van der Waals surface area contributed by atoms with Gasteiger partial charge in [-0.2, -0.15) is 4.98 Å². The molecule has 1 saturated carbocycles. The Morgan fingerprint density at radius 1 is 1.20 bits per heavy atom. The Morgan fingerprint density at radius 3 is 2.73 bits per heavy atom. The quantitative estimate of drug-likeness (QED) is 0.698. The van der Waals surface area contributed by atoms with Gasteiger partial charge in [0, 0.05) is 12.3 Å². The van der Waals surface area contributed by atoms with Crippen LogP contribution < -0.4 is 5.73 Å². The van der Waals surface area contributed by atoms with Crippen LogP contribution in [-0.4, -0.2) is 16.7 Å². The lowest BCUT2D eigenvalue weighted by Crippen LogP contribution is -1.97. The Kier molecular flexibility index (Phi) is 3.72. The van der Waals surface area contributed by atoms with Gasteiger partial charge in [-0.3, -0.25) is 0 Å². The topological polar surface area (TPSA) is 64.9 Å². The zero-order valence-corrected chi connectivity index (χ0v) is 9.11. The van der Waals surface area contributed by atoms with Crippen molar-refractivity contribution in [3.8, 4) is 0 Å². The Balaban J connectivity index is 1.64. The Hall–Kier alpha value is -0.900. The second-order valence-electron chi connectivity index (χ2n) is 4.27. The fourth-order valence-corrected chi connectivity index (χ4v) is 1.65. The smallest absolute Gasteiger partial charge is 0.226 e. The molecule has 0 bridgehead atoms. The van der Waals surface area contributed by atoms with Gasteiger partial charge in [-0.25, -0.2) is 0 Å². The minimum absolute atomic E-state index is 0.597. The second kappa shape index (κ2) is 5.26. The first-order valence-corrected chi connectivity index (χ1v) is 5.92. The fraction of sp³-hybridized carbons (Fsp3) is 0.818. The summed E-state index contributed by atoms with van der Waals surface area (Å²) >= 11 is 0. The number of hydrogen-bond acceptors (Lipinski definition) is 4. The average Bonchev–Trinajstić information content (AvgIpc) is 2.99. The third-order valence-corrected chi connectivity index (χ3v) is 2.77. The van der Waals surface area contributed by atoms with Crippen molar-refractivity contribution < 1.29 is 4.52 Å². The zero-order chi connectivity index (χ0) is 10.5. The molecule has 0 aromatic carbocycles. The van der Waals surface area contributed by atoms with Crippen molar-refractivity contribution in [1.29, 1.82) is 0 Å². The van der Waals surface area contributed by atoms with Gasteiger partial charge < -0.3 is 10.3 Å². The first-order valence-electron chi connectivity index (χ1n) is 5.92. The van der Waals surface area contributed by atoms with Gasteiger partial charge >= 0.3 is 0 Å². The van der Waals surface area contributed by atoms with E-state index in [2.05, 4.69) is 10.1 Å². The standard InChI is InChI=1S/C11H19N3O/c12-8-4-2-1-3-5-10-13-11(14-15-10)9-6-7-9/h9H,1-8,12H2. The fourth-order valence-electron chi connectivity index (χ4n) is 1.65. The third-order valence-electron chi connectivity index (χ3n) is 2.77. The summed E-state index contributed by atoms with van der Waals surface area (Å²) in [5, 5.41) is 3.99. The second-order valence-corrected chi connectivity index (χ2v) is 4.27. The zero-order valence-electron chi connectivity index (χ0n) is 9.11. The summed E-state index contributed by atoms with van der Waals surface area (Å²) in [5.74, 6) is 2.33. The molecule has 15 heavy (non-hydrogen) atoms. The minimum Gasteiger partial charge on any atom is -0.339 e. The largest absolute Gasteiger partial charge is 0.339 e. The van der Waals surface area contributed by atoms with Crippen LogP contribution in [0.5, 0.6) is 0 Å². The molecule has 1 fully saturated rings. The molecule has 0 unspecified atom stereocenters. The van der Waals surface area contributed by atoms with E-state index in [-0.39, 0.29) is 0 Å². The maximum absolute atomic E-state index is 5.42. The third kappa shape index (κ3) is 3.30. The molecule has 84 valence electrons. The van der Waals surface area contributed by atoms with Crippen LogP contribution in [0.4, 0.5) is 0 Å². The number of nitrogens with zero attached hydrogens (tertiary/aromatic N) is 2. The van der Waals surface area contributed by atoms with Crippen LogP contribution in [0.2, 0.25) is 0 Å². The number of nitrogens with two attached hydrogens (primary N) is 1. The van der Waals surface area contributed by atoms with Crippen LogP contribution in [-0.2, 0) is 6.42 Å². The van der Waals surface area contributed by atoms with E-state index in [1.54, 1.807) is 0 Å². The highest BCUT2D eigenvalue weighted by Crippen LogP contribution is 2.38. The van der Waals surface area contributed by atoms with E-state index < -0.39 is 0 Å². The van der Waals surface area contributed by atoms with Crippen LogP contribution in [0.15, 0.2) is 4.52 Å². The van der Waals surface area contributed by atoms with Gasteiger partial charge in [0.2, 0.25) is 5.89 Å². The highest BCUT2D eigenvalue weighted by Gasteiger charge is 2.28. The van der Waals surface area contributed by atoms with Crippen LogP contribution in [0.1, 0.15) is 56.2 Å². The molecule has 0 radical (unpaired) electrons. The van der Waals surface area contributed by atoms with E-state index in [1.807, 2.05) is 0 Å². The van der Waals surface area contributed by atoms with E-state index >= 15 is 0 Å². The minimum atomic E-state index is 0.597. The summed E-state index contributed by atoms with van der Waals surface area (Å²) in [4.78, 5) is 4.39. The van der Waals surface area contributed by atoms with Crippen molar-refractivity contribution in [3.63, 3.8) is 0 Å². The summed E-state index contributed by atoms with van der Waals surface area (Å²) in [6.07, 6.45) is 8.05. The predicted molar refractivity (Wildman–Crippen MR) is 57.5 cm³/mol. The van der Waals surface area contributed by atoms with Gasteiger partial charge in [0.25, 0.3) is 0 Å². The van der Waals surface area contributed by atoms with Gasteiger partial charge in [0.1, 0.15) is 0 Å². The number of rotatable bonds is 7. The lowest BCUT2D eigenvalue weighted by Gasteiger charge is -1.95. The van der Waals surface area contributed by atoms with Crippen molar-refractivity contribution in [2.24, 2.45) is 5.73 Å². The van der Waals surface area contributed by atoms with Crippen molar-refractivity contribution >= 4 is 0 Å². The van der Waals surface area contributed by atoms with Gasteiger partial charge in [-0.1, -0.05) is 18.0 Å². The van der Waals surface area contributed by atoms with E-state index in [0.29, 0.717) is 5.92 Å². The molecule has 2 rings (SSSR count). The molecule has 1 aliphatic carbocycles. The molecule has 4 nitrogen and oxygen atoms in total. The molecule has 0 atom stereocenters. The van der Waals surface area contributed by atoms with Crippen LogP contribution in [0.3, 0.4) is 0 Å². The number of aromatic nitrogens is 2. The van der Waals surface area contributed by atoms with Crippen molar-refractivity contribution in [3.05, 3.63) is 11.7 Å². The van der Waals surface area contributed by atoms with Gasteiger partial charge in [-0.05, 0) is 32.2 Å². The average molecular weight is 209 g/mol. The molecule has 1 aliphatic rings. The summed E-state index contributed by atoms with van der Waals surface area (Å²) in [5.41, 5.74) is 5.42. The molecule has 0 amide bonds. The van der Waals surface area contributed by atoms with E-state index in [1.165, 1.54) is 25.7 Å². The highest BCUT2D eigenvalue weighted by molar-refractivity contribution is 5.03. The van der Waals surface area contributed by atoms with Gasteiger partial charge in [0.15, 0.2) is 5.82 Å². The molecule has 0 saturated heterocycles. The van der Waals surface area contributed by atoms with E-state index in [0.717, 1.165) is 37.5 Å². The lowest BCUT2D eigenvalue weighted by atomic mass is 10.1. The maximum atomic E-state index is 5.42. The molecule has 1 heterocycles. The Labute approximate surface area is 90.2 Å². The molecule has 2 N–H and O–H groups in total.